The summed E-state index contributed by atoms with van der Waals surface area (Å²) in [4.78, 5) is 0. The molecule has 0 saturated heterocycles. The van der Waals surface area contributed by atoms with E-state index in [1.807, 2.05) is 0 Å². The van der Waals surface area contributed by atoms with Crippen LogP contribution in [0.5, 0.6) is 0 Å². The second-order valence-electron chi connectivity index (χ2n) is 4.06. The second kappa shape index (κ2) is 5.85. The topological polar surface area (TPSA) is 0 Å². The number of benzene rings is 1. The van der Waals surface area contributed by atoms with Crippen molar-refractivity contribution in [3.05, 3.63) is 41.3 Å². The maximum Gasteiger partial charge on any atom is -0.00904 e. The van der Waals surface area contributed by atoms with Gasteiger partial charge in [-0.3, -0.25) is 0 Å². The van der Waals surface area contributed by atoms with Gasteiger partial charge >= 0.3 is 0 Å². The largest absolute Gasteiger partial charge is 0.0654 e. The van der Waals surface area contributed by atoms with Crippen LogP contribution in [0.25, 0.3) is 0 Å². The molecule has 0 nitrogen and oxygen atoms in total. The summed E-state index contributed by atoms with van der Waals surface area (Å²) in [6.45, 7) is 6.59. The Morgan fingerprint density at radius 1 is 1.14 bits per heavy atom. The van der Waals surface area contributed by atoms with Gasteiger partial charge in [0.25, 0.3) is 0 Å². The van der Waals surface area contributed by atoms with E-state index in [-0.39, 0.29) is 0 Å². The molecule has 1 aromatic rings. The van der Waals surface area contributed by atoms with Crippen LogP contribution in [-0.2, 0) is 0 Å². The molecular formula is C14H21. The Morgan fingerprint density at radius 3 is 2.57 bits per heavy atom. The van der Waals surface area contributed by atoms with Gasteiger partial charge in [0.1, 0.15) is 0 Å². The highest BCUT2D eigenvalue weighted by Gasteiger charge is 1.98. The van der Waals surface area contributed by atoms with Crippen LogP contribution in [0, 0.1) is 20.3 Å². The van der Waals surface area contributed by atoms with E-state index in [2.05, 4.69) is 45.4 Å². The van der Waals surface area contributed by atoms with E-state index >= 15 is 0 Å². The van der Waals surface area contributed by atoms with Crippen molar-refractivity contribution in [2.45, 2.75) is 46.5 Å². The van der Waals surface area contributed by atoms with Crippen molar-refractivity contribution in [3.8, 4) is 0 Å². The number of aryl methyl sites for hydroxylation is 2. The summed E-state index contributed by atoms with van der Waals surface area (Å²) in [7, 11) is 0. The Hall–Kier alpha value is -0.780. The van der Waals surface area contributed by atoms with Gasteiger partial charge in [0, 0.05) is 0 Å². The van der Waals surface area contributed by atoms with E-state index in [1.54, 1.807) is 0 Å². The third kappa shape index (κ3) is 3.53. The first-order chi connectivity index (χ1) is 6.74. The van der Waals surface area contributed by atoms with Gasteiger partial charge < -0.3 is 0 Å². The highest BCUT2D eigenvalue weighted by Crippen LogP contribution is 2.15. The number of hydrogen-bond donors (Lipinski definition) is 0. The van der Waals surface area contributed by atoms with Crippen LogP contribution in [-0.4, -0.2) is 0 Å². The predicted molar refractivity (Wildman–Crippen MR) is 63.5 cm³/mol. The minimum atomic E-state index is 1.22. The van der Waals surface area contributed by atoms with Gasteiger partial charge in [-0.2, -0.15) is 0 Å². The molecule has 1 rings (SSSR count). The molecule has 0 bridgehead atoms. The van der Waals surface area contributed by atoms with Gasteiger partial charge in [-0.1, -0.05) is 49.9 Å². The molecule has 0 heterocycles. The van der Waals surface area contributed by atoms with Crippen molar-refractivity contribution in [2.75, 3.05) is 0 Å². The quantitative estimate of drug-likeness (QED) is 0.601. The lowest BCUT2D eigenvalue weighted by Crippen LogP contribution is -1.88. The molecule has 14 heavy (non-hydrogen) atoms. The van der Waals surface area contributed by atoms with Crippen LogP contribution in [0.2, 0.25) is 0 Å². The van der Waals surface area contributed by atoms with Crippen molar-refractivity contribution >= 4 is 0 Å². The SMILES string of the molecule is CCCCC[CH]c1ccc(C)cc1C. The van der Waals surface area contributed by atoms with Crippen molar-refractivity contribution in [1.29, 1.82) is 0 Å². The number of hydrogen-bond acceptors (Lipinski definition) is 0. The smallest absolute Gasteiger partial charge is 0.00904 e. The van der Waals surface area contributed by atoms with Gasteiger partial charge in [-0.25, -0.2) is 0 Å². The zero-order valence-electron chi connectivity index (χ0n) is 9.64. The molecule has 1 aromatic carbocycles. The zero-order chi connectivity index (χ0) is 10.4. The van der Waals surface area contributed by atoms with Gasteiger partial charge in [-0.15, -0.1) is 0 Å². The van der Waals surface area contributed by atoms with Gasteiger partial charge in [-0.05, 0) is 37.8 Å². The van der Waals surface area contributed by atoms with E-state index < -0.39 is 0 Å². The lowest BCUT2D eigenvalue weighted by atomic mass is 10.00. The highest BCUT2D eigenvalue weighted by atomic mass is 14.0. The summed E-state index contributed by atoms with van der Waals surface area (Å²) in [5.74, 6) is 0. The molecule has 0 saturated carbocycles. The summed E-state index contributed by atoms with van der Waals surface area (Å²) in [6, 6.07) is 6.68. The number of rotatable bonds is 5. The van der Waals surface area contributed by atoms with Gasteiger partial charge in [0.05, 0.1) is 0 Å². The second-order valence-corrected chi connectivity index (χ2v) is 4.06. The van der Waals surface area contributed by atoms with Crippen molar-refractivity contribution in [1.82, 2.24) is 0 Å². The fourth-order valence-corrected chi connectivity index (χ4v) is 1.71. The monoisotopic (exact) mass is 189 g/mol. The standard InChI is InChI=1S/C14H21/c1-4-5-6-7-8-14-10-9-12(2)11-13(14)3/h8-11H,4-7H2,1-3H3. The van der Waals surface area contributed by atoms with Gasteiger partial charge in [0.15, 0.2) is 0 Å². The van der Waals surface area contributed by atoms with Crippen molar-refractivity contribution in [2.24, 2.45) is 0 Å². The molecule has 77 valence electrons. The minimum absolute atomic E-state index is 1.22. The molecule has 0 N–H and O–H groups in total. The Kier molecular flexibility index (Phi) is 4.72. The van der Waals surface area contributed by atoms with Crippen molar-refractivity contribution < 1.29 is 0 Å². The molecule has 1 radical (unpaired) electrons. The Morgan fingerprint density at radius 2 is 1.93 bits per heavy atom. The molecule has 0 aliphatic carbocycles. The molecular weight excluding hydrogens is 168 g/mol. The first-order valence-electron chi connectivity index (χ1n) is 5.64. The molecule has 0 aromatic heterocycles. The van der Waals surface area contributed by atoms with E-state index in [0.717, 1.165) is 0 Å². The maximum atomic E-state index is 2.37. The lowest BCUT2D eigenvalue weighted by molar-refractivity contribution is 0.714. The summed E-state index contributed by atoms with van der Waals surface area (Å²) in [5.41, 5.74) is 4.17. The normalized spacial score (nSPS) is 10.5. The van der Waals surface area contributed by atoms with E-state index in [1.165, 1.54) is 42.4 Å². The molecule has 0 heteroatoms. The average molecular weight is 189 g/mol. The van der Waals surface area contributed by atoms with E-state index in [0.29, 0.717) is 0 Å². The third-order valence-electron chi connectivity index (χ3n) is 2.60. The first kappa shape index (κ1) is 11.3. The maximum absolute atomic E-state index is 2.37. The number of unbranched alkanes of at least 4 members (excludes halogenated alkanes) is 3. The summed E-state index contributed by atoms with van der Waals surface area (Å²) in [6.07, 6.45) is 7.56. The Labute approximate surface area is 88.4 Å². The molecule has 0 spiro atoms. The van der Waals surface area contributed by atoms with E-state index in [9.17, 15) is 0 Å². The Bertz CT molecular complexity index is 273. The minimum Gasteiger partial charge on any atom is -0.0654 e. The van der Waals surface area contributed by atoms with Crippen LogP contribution < -0.4 is 0 Å². The van der Waals surface area contributed by atoms with Crippen LogP contribution in [0.1, 0.15) is 49.3 Å². The molecule has 0 aliphatic rings. The zero-order valence-corrected chi connectivity index (χ0v) is 9.64. The fraction of sp³-hybridized carbons (Fsp3) is 0.500. The van der Waals surface area contributed by atoms with Crippen LogP contribution in [0.3, 0.4) is 0 Å². The molecule has 0 aliphatic heterocycles. The highest BCUT2D eigenvalue weighted by molar-refractivity contribution is 5.34. The summed E-state index contributed by atoms with van der Waals surface area (Å²) in [5, 5.41) is 0. The average Bonchev–Trinajstić information content (AvgIpc) is 2.15. The van der Waals surface area contributed by atoms with Gasteiger partial charge in [0.2, 0.25) is 0 Å². The van der Waals surface area contributed by atoms with Crippen molar-refractivity contribution in [3.63, 3.8) is 0 Å². The third-order valence-corrected chi connectivity index (χ3v) is 2.60. The molecule has 0 fully saturated rings. The summed E-state index contributed by atoms with van der Waals surface area (Å²) < 4.78 is 0. The fourth-order valence-electron chi connectivity index (χ4n) is 1.71. The lowest BCUT2D eigenvalue weighted by Gasteiger charge is -2.05. The molecule has 0 atom stereocenters. The first-order valence-corrected chi connectivity index (χ1v) is 5.64. The van der Waals surface area contributed by atoms with Crippen LogP contribution in [0.4, 0.5) is 0 Å². The van der Waals surface area contributed by atoms with Crippen LogP contribution in [0.15, 0.2) is 18.2 Å². The Balaban J connectivity index is 2.42. The molecule has 0 unspecified atom stereocenters. The van der Waals surface area contributed by atoms with Crippen LogP contribution >= 0.6 is 0 Å². The van der Waals surface area contributed by atoms with E-state index in [4.69, 9.17) is 0 Å². The predicted octanol–water partition coefficient (Wildman–Crippen LogP) is 4.44. The molecule has 0 amide bonds. The summed E-state index contributed by atoms with van der Waals surface area (Å²) >= 11 is 0.